The van der Waals surface area contributed by atoms with Gasteiger partial charge in [-0.3, -0.25) is 9.59 Å². The van der Waals surface area contributed by atoms with Crippen LogP contribution in [0.2, 0.25) is 0 Å². The molecule has 4 aromatic carbocycles. The molecule has 0 aliphatic rings. The monoisotopic (exact) mass is 464 g/mol. The van der Waals surface area contributed by atoms with Crippen molar-refractivity contribution >= 4 is 17.5 Å². The number of anilines is 1. The number of benzene rings is 4. The number of ether oxygens (including phenoxy) is 1. The lowest BCUT2D eigenvalue weighted by molar-refractivity contribution is 0.0946. The van der Waals surface area contributed by atoms with Gasteiger partial charge >= 0.3 is 0 Å². The Morgan fingerprint density at radius 1 is 0.686 bits per heavy atom. The summed E-state index contributed by atoms with van der Waals surface area (Å²) in [5.41, 5.74) is 5.69. The van der Waals surface area contributed by atoms with E-state index in [0.29, 0.717) is 36.6 Å². The van der Waals surface area contributed by atoms with E-state index in [1.807, 2.05) is 85.8 Å². The van der Waals surface area contributed by atoms with Gasteiger partial charge in [0, 0.05) is 23.4 Å². The first-order valence-corrected chi connectivity index (χ1v) is 11.5. The van der Waals surface area contributed by atoms with Gasteiger partial charge in [-0.1, -0.05) is 78.9 Å². The summed E-state index contributed by atoms with van der Waals surface area (Å²) in [7, 11) is 0. The van der Waals surface area contributed by atoms with Crippen molar-refractivity contribution in [3.8, 4) is 0 Å². The highest BCUT2D eigenvalue weighted by Crippen LogP contribution is 2.19. The van der Waals surface area contributed by atoms with Gasteiger partial charge in [-0.2, -0.15) is 0 Å². The molecule has 35 heavy (non-hydrogen) atoms. The Kier molecular flexibility index (Phi) is 8.04. The minimum Gasteiger partial charge on any atom is -0.372 e. The van der Waals surface area contributed by atoms with E-state index >= 15 is 0 Å². The van der Waals surface area contributed by atoms with Crippen molar-refractivity contribution in [1.29, 1.82) is 0 Å². The van der Waals surface area contributed by atoms with Gasteiger partial charge in [0.15, 0.2) is 0 Å². The molecule has 0 aromatic heterocycles. The first kappa shape index (κ1) is 23.9. The Morgan fingerprint density at radius 3 is 2.09 bits per heavy atom. The van der Waals surface area contributed by atoms with Gasteiger partial charge in [0.1, 0.15) is 0 Å². The highest BCUT2D eigenvalue weighted by atomic mass is 16.5. The van der Waals surface area contributed by atoms with Gasteiger partial charge in [0.05, 0.1) is 13.2 Å². The minimum absolute atomic E-state index is 0.208. The Labute approximate surface area is 205 Å². The van der Waals surface area contributed by atoms with Gasteiger partial charge in [-0.05, 0) is 53.4 Å². The van der Waals surface area contributed by atoms with Gasteiger partial charge in [0.25, 0.3) is 11.8 Å². The second-order valence-electron chi connectivity index (χ2n) is 8.28. The molecule has 5 nitrogen and oxygen atoms in total. The van der Waals surface area contributed by atoms with Crippen LogP contribution < -0.4 is 10.6 Å². The van der Waals surface area contributed by atoms with E-state index < -0.39 is 0 Å². The maximum Gasteiger partial charge on any atom is 0.255 e. The predicted molar refractivity (Wildman–Crippen MR) is 138 cm³/mol. The van der Waals surface area contributed by atoms with Crippen LogP contribution in [-0.4, -0.2) is 11.8 Å². The molecule has 0 aliphatic heterocycles. The van der Waals surface area contributed by atoms with Gasteiger partial charge in [-0.25, -0.2) is 0 Å². The maximum absolute atomic E-state index is 12.9. The number of hydrogen-bond donors (Lipinski definition) is 2. The Bertz CT molecular complexity index is 1290. The molecule has 0 fully saturated rings. The molecule has 0 heterocycles. The van der Waals surface area contributed by atoms with Crippen molar-refractivity contribution in [2.75, 3.05) is 5.32 Å². The summed E-state index contributed by atoms with van der Waals surface area (Å²) in [6, 6.07) is 32.2. The molecule has 0 saturated carbocycles. The molecular formula is C30H28N2O3. The maximum atomic E-state index is 12.9. The topological polar surface area (TPSA) is 67.4 Å². The summed E-state index contributed by atoms with van der Waals surface area (Å²) >= 11 is 0. The van der Waals surface area contributed by atoms with Crippen LogP contribution in [0.15, 0.2) is 103 Å². The Balaban J connectivity index is 1.37. The number of rotatable bonds is 9. The summed E-state index contributed by atoms with van der Waals surface area (Å²) < 4.78 is 5.89. The van der Waals surface area contributed by atoms with Crippen LogP contribution in [0.5, 0.6) is 0 Å². The SMILES string of the molecule is Cc1ccc(C(=O)NCc2ccccc2COCc2ccccc2)cc1NC(=O)c1ccccc1. The van der Waals surface area contributed by atoms with Crippen LogP contribution in [-0.2, 0) is 24.5 Å². The second-order valence-corrected chi connectivity index (χ2v) is 8.28. The molecule has 2 amide bonds. The Morgan fingerprint density at radius 2 is 1.34 bits per heavy atom. The molecule has 176 valence electrons. The average molecular weight is 465 g/mol. The summed E-state index contributed by atoms with van der Waals surface area (Å²) in [5, 5.41) is 5.89. The summed E-state index contributed by atoms with van der Waals surface area (Å²) in [6.07, 6.45) is 0. The predicted octanol–water partition coefficient (Wildman–Crippen LogP) is 5.89. The summed E-state index contributed by atoms with van der Waals surface area (Å²) in [4.78, 5) is 25.4. The van der Waals surface area contributed by atoms with Crippen LogP contribution in [0, 0.1) is 6.92 Å². The molecule has 4 aromatic rings. The molecule has 5 heteroatoms. The van der Waals surface area contributed by atoms with E-state index in [0.717, 1.165) is 22.3 Å². The molecular weight excluding hydrogens is 436 g/mol. The highest BCUT2D eigenvalue weighted by molar-refractivity contribution is 6.05. The van der Waals surface area contributed by atoms with Crippen LogP contribution in [0.25, 0.3) is 0 Å². The fourth-order valence-electron chi connectivity index (χ4n) is 3.68. The average Bonchev–Trinajstić information content (AvgIpc) is 2.90. The fraction of sp³-hybridized carbons (Fsp3) is 0.133. The van der Waals surface area contributed by atoms with E-state index in [-0.39, 0.29) is 11.8 Å². The summed E-state index contributed by atoms with van der Waals surface area (Å²) in [6.45, 7) is 3.26. The number of hydrogen-bond acceptors (Lipinski definition) is 3. The van der Waals surface area contributed by atoms with E-state index in [1.165, 1.54) is 0 Å². The number of carbonyl (C=O) groups is 2. The van der Waals surface area contributed by atoms with E-state index in [1.54, 1.807) is 24.3 Å². The lowest BCUT2D eigenvalue weighted by Crippen LogP contribution is -2.24. The number of carbonyl (C=O) groups excluding carboxylic acids is 2. The van der Waals surface area contributed by atoms with Gasteiger partial charge < -0.3 is 15.4 Å². The van der Waals surface area contributed by atoms with Gasteiger partial charge in [0.2, 0.25) is 0 Å². The first-order chi connectivity index (χ1) is 17.1. The third-order valence-corrected chi connectivity index (χ3v) is 5.71. The summed E-state index contributed by atoms with van der Waals surface area (Å²) in [5.74, 6) is -0.420. The van der Waals surface area contributed by atoms with Crippen LogP contribution in [0.3, 0.4) is 0 Å². The van der Waals surface area contributed by atoms with Crippen LogP contribution in [0.1, 0.15) is 43.0 Å². The number of nitrogens with one attached hydrogen (secondary N) is 2. The number of aryl methyl sites for hydroxylation is 1. The zero-order chi connectivity index (χ0) is 24.5. The quantitative estimate of drug-likeness (QED) is 0.324. The van der Waals surface area contributed by atoms with Crippen molar-refractivity contribution in [3.05, 3.63) is 137 Å². The largest absolute Gasteiger partial charge is 0.372 e. The van der Waals surface area contributed by atoms with E-state index in [2.05, 4.69) is 10.6 Å². The molecule has 0 spiro atoms. The third kappa shape index (κ3) is 6.65. The first-order valence-electron chi connectivity index (χ1n) is 11.5. The van der Waals surface area contributed by atoms with E-state index in [9.17, 15) is 9.59 Å². The Hall–Kier alpha value is -4.22. The lowest BCUT2D eigenvalue weighted by Gasteiger charge is -2.13. The minimum atomic E-state index is -0.212. The smallest absolute Gasteiger partial charge is 0.255 e. The van der Waals surface area contributed by atoms with Crippen LogP contribution >= 0.6 is 0 Å². The van der Waals surface area contributed by atoms with Gasteiger partial charge in [-0.15, -0.1) is 0 Å². The molecule has 0 radical (unpaired) electrons. The van der Waals surface area contributed by atoms with Crippen molar-refractivity contribution in [1.82, 2.24) is 5.32 Å². The molecule has 2 N–H and O–H groups in total. The zero-order valence-corrected chi connectivity index (χ0v) is 19.7. The second kappa shape index (κ2) is 11.8. The zero-order valence-electron chi connectivity index (χ0n) is 19.7. The number of amides is 2. The normalized spacial score (nSPS) is 10.5. The molecule has 0 unspecified atom stereocenters. The third-order valence-electron chi connectivity index (χ3n) is 5.71. The van der Waals surface area contributed by atoms with Crippen LogP contribution in [0.4, 0.5) is 5.69 Å². The van der Waals surface area contributed by atoms with E-state index in [4.69, 9.17) is 4.74 Å². The van der Waals surface area contributed by atoms with Crippen molar-refractivity contribution < 1.29 is 14.3 Å². The molecule has 0 atom stereocenters. The lowest BCUT2D eigenvalue weighted by atomic mass is 10.1. The highest BCUT2D eigenvalue weighted by Gasteiger charge is 2.12. The molecule has 0 aliphatic carbocycles. The molecule has 0 bridgehead atoms. The molecule has 4 rings (SSSR count). The fourth-order valence-corrected chi connectivity index (χ4v) is 3.68. The van der Waals surface area contributed by atoms with Crippen molar-refractivity contribution in [2.24, 2.45) is 0 Å². The molecule has 0 saturated heterocycles. The van der Waals surface area contributed by atoms with Crippen molar-refractivity contribution in [2.45, 2.75) is 26.7 Å². The standard InChI is InChI=1S/C30H28N2O3/c1-22-16-17-25(18-28(22)32-30(34)24-12-6-3-7-13-24)29(33)31-19-26-14-8-9-15-27(26)21-35-20-23-10-4-2-5-11-23/h2-18H,19-21H2,1H3,(H,31,33)(H,32,34). The van der Waals surface area contributed by atoms with Crippen molar-refractivity contribution in [3.63, 3.8) is 0 Å².